The predicted octanol–water partition coefficient (Wildman–Crippen LogP) is 5.24. The molecule has 0 nitrogen and oxygen atoms in total. The van der Waals surface area contributed by atoms with Crippen LogP contribution in [0.5, 0.6) is 0 Å². The van der Waals surface area contributed by atoms with Gasteiger partial charge in [0.1, 0.15) is 0 Å². The van der Waals surface area contributed by atoms with Gasteiger partial charge in [-0.05, 0) is 0 Å². The number of benzene rings is 2. The molecule has 1 aromatic heterocycles. The van der Waals surface area contributed by atoms with E-state index in [1.165, 1.54) is 29.0 Å². The molecule has 0 saturated carbocycles. The molecule has 3 aromatic rings. The average Bonchev–Trinajstić information content (AvgIpc) is 2.80. The van der Waals surface area contributed by atoms with Crippen molar-refractivity contribution in [3.8, 4) is 0 Å². The number of thiophene rings is 1. The Kier molecular flexibility index (Phi) is 4.92. The Balaban J connectivity index is 2.10. The van der Waals surface area contributed by atoms with E-state index in [9.17, 15) is 0 Å². The normalized spacial score (nSPS) is 12.4. The van der Waals surface area contributed by atoms with Gasteiger partial charge in [0, 0.05) is 0 Å². The SMILES string of the molecule is C[CH2][Sn][CH2]c1ccc2c(c1)sc1c[c]([Sn]([CH3])([CH3])[CH3])ccc12. The molecule has 0 N–H and O–H groups in total. The molecule has 0 spiro atoms. The molecule has 3 heteroatoms. The summed E-state index contributed by atoms with van der Waals surface area (Å²) in [6.45, 7) is 2.34. The van der Waals surface area contributed by atoms with Crippen molar-refractivity contribution in [3.63, 3.8) is 0 Å². The average molecular weight is 508 g/mol. The molecule has 0 aliphatic rings. The van der Waals surface area contributed by atoms with E-state index in [1.54, 1.807) is 9.14 Å². The molecule has 108 valence electrons. The maximum absolute atomic E-state index is 2.50. The number of fused-ring (bicyclic) bond motifs is 3. The van der Waals surface area contributed by atoms with E-state index in [4.69, 9.17) is 0 Å². The van der Waals surface area contributed by atoms with Crippen LogP contribution in [0.2, 0.25) is 19.3 Å². The Bertz CT molecular complexity index is 781. The number of rotatable bonds is 4. The third-order valence-corrected chi connectivity index (χ3v) is 14.2. The Morgan fingerprint density at radius 2 is 1.62 bits per heavy atom. The third kappa shape index (κ3) is 3.45. The van der Waals surface area contributed by atoms with E-state index in [0.29, 0.717) is 0 Å². The van der Waals surface area contributed by atoms with E-state index >= 15 is 0 Å². The van der Waals surface area contributed by atoms with Gasteiger partial charge in [0.2, 0.25) is 0 Å². The van der Waals surface area contributed by atoms with E-state index in [1.807, 2.05) is 11.3 Å². The third-order valence-electron chi connectivity index (χ3n) is 3.98. The summed E-state index contributed by atoms with van der Waals surface area (Å²) in [4.78, 5) is 7.49. The molecule has 1 heterocycles. The van der Waals surface area contributed by atoms with Gasteiger partial charge in [-0.25, -0.2) is 0 Å². The van der Waals surface area contributed by atoms with Gasteiger partial charge in [0.15, 0.2) is 0 Å². The van der Waals surface area contributed by atoms with Crippen LogP contribution in [-0.2, 0) is 4.44 Å². The standard InChI is InChI=1S/C13H8S.C2H5.3CH3.2Sn/c1-9-6-7-11-10-4-2-3-5-12(10)14-13(11)8-9;1-2;;;;;/h2,4-8H,1H2;1H2,2H3;3*1H3;;. The summed E-state index contributed by atoms with van der Waals surface area (Å²) in [5.74, 6) is 0. The molecule has 0 fully saturated rings. The molecular weight excluding hydrogens is 486 g/mol. The molecular formula is C18H22SSn2. The van der Waals surface area contributed by atoms with Crippen LogP contribution < -0.4 is 3.58 Å². The van der Waals surface area contributed by atoms with E-state index in [-0.39, 0.29) is 21.1 Å². The number of hydrogen-bond donors (Lipinski definition) is 0. The molecule has 0 saturated heterocycles. The van der Waals surface area contributed by atoms with Crippen molar-refractivity contribution in [2.75, 3.05) is 0 Å². The number of hydrogen-bond acceptors (Lipinski definition) is 1. The van der Waals surface area contributed by atoms with E-state index in [0.717, 1.165) is 0 Å². The van der Waals surface area contributed by atoms with Crippen molar-refractivity contribution >= 4 is 74.6 Å². The van der Waals surface area contributed by atoms with Crippen molar-refractivity contribution < 1.29 is 0 Å². The Labute approximate surface area is 146 Å². The Hall–Kier alpha value is 0.257. The molecule has 0 amide bonds. The summed E-state index contributed by atoms with van der Waals surface area (Å²) in [7, 11) is 0. The molecule has 0 aliphatic heterocycles. The fraction of sp³-hybridized carbons (Fsp3) is 0.333. The van der Waals surface area contributed by atoms with E-state index < -0.39 is 18.4 Å². The zero-order valence-electron chi connectivity index (χ0n) is 13.3. The van der Waals surface area contributed by atoms with Crippen molar-refractivity contribution in [2.24, 2.45) is 0 Å². The van der Waals surface area contributed by atoms with Crippen LogP contribution in [0.3, 0.4) is 0 Å². The minimum absolute atomic E-state index is 0.147. The Morgan fingerprint density at radius 3 is 2.29 bits per heavy atom. The predicted molar refractivity (Wildman–Crippen MR) is 102 cm³/mol. The van der Waals surface area contributed by atoms with Crippen molar-refractivity contribution in [3.05, 3.63) is 42.0 Å². The van der Waals surface area contributed by atoms with Gasteiger partial charge in [-0.3, -0.25) is 0 Å². The summed E-state index contributed by atoms with van der Waals surface area (Å²) in [6, 6.07) is 14.4. The fourth-order valence-corrected chi connectivity index (χ4v) is 9.65. The maximum atomic E-state index is 2.50. The second-order valence-electron chi connectivity index (χ2n) is 6.67. The van der Waals surface area contributed by atoms with Crippen molar-refractivity contribution in [2.45, 2.75) is 30.6 Å². The molecule has 21 heavy (non-hydrogen) atoms. The summed E-state index contributed by atoms with van der Waals surface area (Å²) in [6.07, 6.45) is 0. The molecule has 0 aliphatic carbocycles. The van der Waals surface area contributed by atoms with Gasteiger partial charge in [-0.1, -0.05) is 0 Å². The zero-order valence-corrected chi connectivity index (χ0v) is 19.8. The first-order chi connectivity index (χ1) is 9.99. The summed E-state index contributed by atoms with van der Waals surface area (Å²) in [5, 5.41) is 2.91. The molecule has 3 rings (SSSR count). The molecule has 0 unspecified atom stereocenters. The van der Waals surface area contributed by atoms with Gasteiger partial charge in [0.25, 0.3) is 0 Å². The second kappa shape index (κ2) is 6.40. The Morgan fingerprint density at radius 1 is 0.952 bits per heavy atom. The van der Waals surface area contributed by atoms with Gasteiger partial charge < -0.3 is 0 Å². The zero-order chi connectivity index (χ0) is 15.0. The topological polar surface area (TPSA) is 0 Å². The van der Waals surface area contributed by atoms with Crippen molar-refractivity contribution in [1.82, 2.24) is 0 Å². The van der Waals surface area contributed by atoms with Crippen LogP contribution in [0, 0.1) is 0 Å². The van der Waals surface area contributed by atoms with Crippen LogP contribution in [0.4, 0.5) is 0 Å². The van der Waals surface area contributed by atoms with Crippen LogP contribution in [-0.4, -0.2) is 39.5 Å². The van der Waals surface area contributed by atoms with Gasteiger partial charge in [-0.2, -0.15) is 0 Å². The summed E-state index contributed by atoms with van der Waals surface area (Å²) in [5.41, 5.74) is 1.57. The molecule has 2 aromatic carbocycles. The van der Waals surface area contributed by atoms with E-state index in [2.05, 4.69) is 58.1 Å². The van der Waals surface area contributed by atoms with Crippen LogP contribution >= 0.6 is 11.3 Å². The van der Waals surface area contributed by atoms with Gasteiger partial charge in [-0.15, -0.1) is 0 Å². The van der Waals surface area contributed by atoms with Gasteiger partial charge >= 0.3 is 147 Å². The monoisotopic (exact) mass is 510 g/mol. The van der Waals surface area contributed by atoms with Crippen LogP contribution in [0.1, 0.15) is 12.5 Å². The molecule has 0 bridgehead atoms. The summed E-state index contributed by atoms with van der Waals surface area (Å²) < 4.78 is 7.44. The van der Waals surface area contributed by atoms with Crippen LogP contribution in [0.25, 0.3) is 20.2 Å². The first-order valence-corrected chi connectivity index (χ1v) is 22.5. The molecule has 2 radical (unpaired) electrons. The summed E-state index contributed by atoms with van der Waals surface area (Å²) >= 11 is -0.107. The minimum atomic E-state index is -1.95. The van der Waals surface area contributed by atoms with Gasteiger partial charge in [0.05, 0.1) is 0 Å². The molecule has 0 atom stereocenters. The van der Waals surface area contributed by atoms with Crippen LogP contribution in [0.15, 0.2) is 36.4 Å². The van der Waals surface area contributed by atoms with Crippen molar-refractivity contribution in [1.29, 1.82) is 0 Å². The second-order valence-corrected chi connectivity index (χ2v) is 26.7. The fourth-order valence-electron chi connectivity index (χ4n) is 2.67. The first-order valence-electron chi connectivity index (χ1n) is 7.65. The quantitative estimate of drug-likeness (QED) is 0.424. The first kappa shape index (κ1) is 16.1.